The van der Waals surface area contributed by atoms with Gasteiger partial charge in [0.2, 0.25) is 5.91 Å². The van der Waals surface area contributed by atoms with Gasteiger partial charge in [-0.3, -0.25) is 9.59 Å². The van der Waals surface area contributed by atoms with Crippen molar-refractivity contribution in [3.05, 3.63) is 69.6 Å². The average Bonchev–Trinajstić information content (AvgIpc) is 3.21. The van der Waals surface area contributed by atoms with Crippen LogP contribution in [0.3, 0.4) is 0 Å². The van der Waals surface area contributed by atoms with Gasteiger partial charge in [-0.25, -0.2) is 4.98 Å². The number of nitrogens with one attached hydrogen (secondary N) is 1. The maximum atomic E-state index is 12.6. The van der Waals surface area contributed by atoms with Crippen molar-refractivity contribution in [2.24, 2.45) is 0 Å². The lowest BCUT2D eigenvalue weighted by atomic mass is 10.3. The van der Waals surface area contributed by atoms with E-state index < -0.39 is 0 Å². The van der Waals surface area contributed by atoms with Crippen LogP contribution >= 0.6 is 22.9 Å². The lowest BCUT2D eigenvalue weighted by Gasteiger charge is -2.15. The van der Waals surface area contributed by atoms with E-state index in [1.165, 1.54) is 16.2 Å². The molecular weight excluding hydrogens is 426 g/mol. The van der Waals surface area contributed by atoms with Gasteiger partial charge in [0.05, 0.1) is 13.7 Å². The number of nitrogens with zero attached hydrogens (tertiary/aromatic N) is 2. The molecule has 0 radical (unpaired) electrons. The van der Waals surface area contributed by atoms with Crippen LogP contribution in [0.5, 0.6) is 11.5 Å². The highest BCUT2D eigenvalue weighted by molar-refractivity contribution is 7.09. The maximum Gasteiger partial charge on any atom is 0.273 e. The van der Waals surface area contributed by atoms with Crippen molar-refractivity contribution in [3.63, 3.8) is 0 Å². The van der Waals surface area contributed by atoms with Crippen molar-refractivity contribution < 1.29 is 19.1 Å². The number of hydrogen-bond donors (Lipinski definition) is 1. The van der Waals surface area contributed by atoms with Gasteiger partial charge in [-0.1, -0.05) is 17.7 Å². The number of carbonyl (C=O) groups excluding carboxylic acids is 2. The van der Waals surface area contributed by atoms with Crippen LogP contribution in [0.25, 0.3) is 0 Å². The molecule has 0 saturated heterocycles. The van der Waals surface area contributed by atoms with Crippen molar-refractivity contribution in [1.82, 2.24) is 9.88 Å². The Morgan fingerprint density at radius 2 is 1.93 bits per heavy atom. The van der Waals surface area contributed by atoms with Gasteiger partial charge in [0.25, 0.3) is 5.91 Å². The third-order valence-electron chi connectivity index (χ3n) is 4.03. The van der Waals surface area contributed by atoms with Gasteiger partial charge < -0.3 is 19.7 Å². The van der Waals surface area contributed by atoms with E-state index in [0.717, 1.165) is 0 Å². The van der Waals surface area contributed by atoms with E-state index >= 15 is 0 Å². The summed E-state index contributed by atoms with van der Waals surface area (Å²) in [5.41, 5.74) is 0.863. The van der Waals surface area contributed by atoms with Gasteiger partial charge in [-0.2, -0.15) is 0 Å². The summed E-state index contributed by atoms with van der Waals surface area (Å²) in [6.07, 6.45) is 0. The Morgan fingerprint density at radius 1 is 1.17 bits per heavy atom. The van der Waals surface area contributed by atoms with Gasteiger partial charge >= 0.3 is 0 Å². The second-order valence-corrected chi connectivity index (χ2v) is 7.69. The molecule has 0 fully saturated rings. The van der Waals surface area contributed by atoms with Crippen LogP contribution in [-0.4, -0.2) is 42.4 Å². The third-order valence-corrected chi connectivity index (χ3v) is 5.10. The second kappa shape index (κ2) is 10.1. The van der Waals surface area contributed by atoms with Crippen LogP contribution in [-0.2, 0) is 11.4 Å². The molecule has 0 atom stereocenters. The number of hydrogen-bond acceptors (Lipinski definition) is 6. The quantitative estimate of drug-likeness (QED) is 0.564. The highest BCUT2D eigenvalue weighted by atomic mass is 35.5. The second-order valence-electron chi connectivity index (χ2n) is 6.31. The Morgan fingerprint density at radius 3 is 2.67 bits per heavy atom. The van der Waals surface area contributed by atoms with Crippen LogP contribution in [0.15, 0.2) is 53.9 Å². The monoisotopic (exact) mass is 445 g/mol. The molecule has 0 spiro atoms. The van der Waals surface area contributed by atoms with Crippen LogP contribution in [0.1, 0.15) is 15.5 Å². The molecule has 0 unspecified atom stereocenters. The Hall–Kier alpha value is -3.10. The number of aromatic nitrogens is 1. The van der Waals surface area contributed by atoms with E-state index in [1.54, 1.807) is 68.1 Å². The molecule has 0 aliphatic rings. The van der Waals surface area contributed by atoms with Crippen LogP contribution in [0.4, 0.5) is 5.69 Å². The minimum atomic E-state index is -0.343. The normalized spacial score (nSPS) is 10.4. The standard InChI is InChI=1S/C21H20ClN3O4S/c1-25(11-19(26)23-15-4-3-5-17(10-15)28-2)21(27)18-13-30-20(24-18)12-29-16-8-6-14(22)7-9-16/h3-10,13H,11-12H2,1-2H3,(H,23,26). The molecule has 3 rings (SSSR count). The molecule has 7 nitrogen and oxygen atoms in total. The summed E-state index contributed by atoms with van der Waals surface area (Å²) in [6, 6.07) is 14.0. The lowest BCUT2D eigenvalue weighted by molar-refractivity contribution is -0.116. The average molecular weight is 446 g/mol. The van der Waals surface area contributed by atoms with E-state index in [2.05, 4.69) is 10.3 Å². The van der Waals surface area contributed by atoms with Gasteiger partial charge in [0.15, 0.2) is 0 Å². The first-order chi connectivity index (χ1) is 14.4. The SMILES string of the molecule is COc1cccc(NC(=O)CN(C)C(=O)c2csc(COc3ccc(Cl)cc3)n2)c1. The summed E-state index contributed by atoms with van der Waals surface area (Å²) < 4.78 is 10.8. The summed E-state index contributed by atoms with van der Waals surface area (Å²) in [5.74, 6) is 0.632. The first-order valence-electron chi connectivity index (χ1n) is 8.97. The minimum absolute atomic E-state index is 0.107. The lowest BCUT2D eigenvalue weighted by Crippen LogP contribution is -2.35. The first-order valence-corrected chi connectivity index (χ1v) is 10.2. The topological polar surface area (TPSA) is 80.8 Å². The molecule has 1 heterocycles. The summed E-state index contributed by atoms with van der Waals surface area (Å²) in [5, 5.41) is 5.68. The van der Waals surface area contributed by atoms with Gasteiger partial charge in [0, 0.05) is 29.2 Å². The van der Waals surface area contributed by atoms with Gasteiger partial charge in [-0.15, -0.1) is 11.3 Å². The summed E-state index contributed by atoms with van der Waals surface area (Å²) in [7, 11) is 3.10. The van der Waals surface area contributed by atoms with Crippen molar-refractivity contribution >= 4 is 40.4 Å². The molecule has 3 aromatic rings. The molecule has 0 aliphatic carbocycles. The number of amides is 2. The number of likely N-dealkylation sites (N-methyl/N-ethyl adjacent to an activating group) is 1. The maximum absolute atomic E-state index is 12.6. The van der Waals surface area contributed by atoms with E-state index in [-0.39, 0.29) is 30.7 Å². The number of halogens is 1. The molecule has 2 amide bonds. The summed E-state index contributed by atoms with van der Waals surface area (Å²) >= 11 is 7.17. The molecule has 2 aromatic carbocycles. The number of thiazole rings is 1. The molecule has 9 heteroatoms. The molecule has 0 saturated carbocycles. The highest BCUT2D eigenvalue weighted by Gasteiger charge is 2.18. The number of carbonyl (C=O) groups is 2. The molecule has 156 valence electrons. The van der Waals surface area contributed by atoms with E-state index in [1.807, 2.05) is 0 Å². The Kier molecular flexibility index (Phi) is 7.26. The summed E-state index contributed by atoms with van der Waals surface area (Å²) in [4.78, 5) is 30.4. The Balaban J connectivity index is 1.52. The number of rotatable bonds is 8. The molecule has 0 bridgehead atoms. The first kappa shape index (κ1) is 21.6. The fourth-order valence-corrected chi connectivity index (χ4v) is 3.34. The van der Waals surface area contributed by atoms with Crippen molar-refractivity contribution in [3.8, 4) is 11.5 Å². The number of ether oxygens (including phenoxy) is 2. The smallest absolute Gasteiger partial charge is 0.273 e. The number of anilines is 1. The largest absolute Gasteiger partial charge is 0.497 e. The number of benzene rings is 2. The zero-order valence-electron chi connectivity index (χ0n) is 16.4. The fourth-order valence-electron chi connectivity index (χ4n) is 2.54. The molecule has 1 aromatic heterocycles. The highest BCUT2D eigenvalue weighted by Crippen LogP contribution is 2.19. The fraction of sp³-hybridized carbons (Fsp3) is 0.190. The van der Waals surface area contributed by atoms with Crippen LogP contribution < -0.4 is 14.8 Å². The van der Waals surface area contributed by atoms with E-state index in [9.17, 15) is 9.59 Å². The molecule has 1 N–H and O–H groups in total. The molecule has 0 aliphatic heterocycles. The predicted molar refractivity (Wildman–Crippen MR) is 116 cm³/mol. The van der Waals surface area contributed by atoms with Crippen LogP contribution in [0, 0.1) is 0 Å². The van der Waals surface area contributed by atoms with Gasteiger partial charge in [-0.05, 0) is 36.4 Å². The zero-order valence-corrected chi connectivity index (χ0v) is 18.0. The van der Waals surface area contributed by atoms with Crippen molar-refractivity contribution in [2.75, 3.05) is 26.0 Å². The van der Waals surface area contributed by atoms with E-state index in [0.29, 0.717) is 27.2 Å². The van der Waals surface area contributed by atoms with Crippen molar-refractivity contribution in [2.45, 2.75) is 6.61 Å². The predicted octanol–water partition coefficient (Wildman–Crippen LogP) is 4.09. The minimum Gasteiger partial charge on any atom is -0.497 e. The zero-order chi connectivity index (χ0) is 21.5. The Bertz CT molecular complexity index is 1020. The molecular formula is C21H20ClN3O4S. The third kappa shape index (κ3) is 5.95. The van der Waals surface area contributed by atoms with E-state index in [4.69, 9.17) is 21.1 Å². The molecule has 30 heavy (non-hydrogen) atoms. The summed E-state index contributed by atoms with van der Waals surface area (Å²) in [6.45, 7) is 0.129. The van der Waals surface area contributed by atoms with Crippen molar-refractivity contribution in [1.29, 1.82) is 0 Å². The number of methoxy groups -OCH3 is 1. The Labute approximate surface area is 183 Å². The van der Waals surface area contributed by atoms with Gasteiger partial charge in [0.1, 0.15) is 28.8 Å². The van der Waals surface area contributed by atoms with Crippen LogP contribution in [0.2, 0.25) is 5.02 Å².